The first-order valence-electron chi connectivity index (χ1n) is 10.9. The van der Waals surface area contributed by atoms with Crippen LogP contribution in [0.1, 0.15) is 32.0 Å². The van der Waals surface area contributed by atoms with Gasteiger partial charge in [-0.3, -0.25) is 28.5 Å². The Hall–Kier alpha value is -4.79. The molecule has 0 saturated carbocycles. The number of benzene rings is 2. The summed E-state index contributed by atoms with van der Waals surface area (Å²) < 4.78 is 7.32. The van der Waals surface area contributed by atoms with Crippen molar-refractivity contribution in [1.82, 2.24) is 14.3 Å². The van der Waals surface area contributed by atoms with Crippen LogP contribution in [-0.2, 0) is 11.4 Å². The van der Waals surface area contributed by atoms with E-state index >= 15 is 0 Å². The predicted octanol–water partition coefficient (Wildman–Crippen LogP) is 2.82. The lowest BCUT2D eigenvalue weighted by Crippen LogP contribution is -2.37. The van der Waals surface area contributed by atoms with E-state index in [1.807, 2.05) is 13.0 Å². The Labute approximate surface area is 199 Å². The number of para-hydroxylation sites is 2. The van der Waals surface area contributed by atoms with Gasteiger partial charge >= 0.3 is 0 Å². The molecule has 4 aromatic rings. The third-order valence-electron chi connectivity index (χ3n) is 5.66. The monoisotopic (exact) mass is 468 g/mol. The standard InChI is InChI=1S/C26H20N4O5/c1-16-7-6-12-29-23(32)13-17(27-24(16)29)15-35-21-11-5-4-10-20(21)28-22(31)14-30-25(33)18-8-2-3-9-19(18)26(30)34/h2-13H,14-15H2,1H3,(H,28,31). The van der Waals surface area contributed by atoms with Gasteiger partial charge in [-0.2, -0.15) is 0 Å². The molecule has 0 bridgehead atoms. The van der Waals surface area contributed by atoms with Crippen LogP contribution in [0.2, 0.25) is 0 Å². The number of nitrogens with zero attached hydrogens (tertiary/aromatic N) is 3. The van der Waals surface area contributed by atoms with E-state index in [0.717, 1.165) is 10.5 Å². The Balaban J connectivity index is 1.30. The van der Waals surface area contributed by atoms with Crippen LogP contribution in [0.4, 0.5) is 5.69 Å². The van der Waals surface area contributed by atoms with Gasteiger partial charge in [0.25, 0.3) is 17.4 Å². The number of aromatic nitrogens is 2. The quantitative estimate of drug-likeness (QED) is 0.436. The number of rotatable bonds is 6. The number of hydrogen-bond acceptors (Lipinski definition) is 6. The normalized spacial score (nSPS) is 12.7. The molecular formula is C26H20N4O5. The smallest absolute Gasteiger partial charge is 0.262 e. The summed E-state index contributed by atoms with van der Waals surface area (Å²) in [4.78, 5) is 55.6. The second kappa shape index (κ2) is 8.86. The summed E-state index contributed by atoms with van der Waals surface area (Å²) in [5.74, 6) is -1.20. The Kier molecular flexibility index (Phi) is 5.58. The summed E-state index contributed by atoms with van der Waals surface area (Å²) >= 11 is 0. The summed E-state index contributed by atoms with van der Waals surface area (Å²) in [5.41, 5.74) is 2.54. The summed E-state index contributed by atoms with van der Waals surface area (Å²) in [6, 6.07) is 18.3. The van der Waals surface area contributed by atoms with Gasteiger partial charge in [0.1, 0.15) is 24.5 Å². The SMILES string of the molecule is Cc1cccn2c(=O)cc(COc3ccccc3NC(=O)CN3C(=O)c4ccccc4C3=O)nc12. The van der Waals surface area contributed by atoms with Gasteiger partial charge in [0.15, 0.2) is 0 Å². The highest BCUT2D eigenvalue weighted by atomic mass is 16.5. The fourth-order valence-corrected chi connectivity index (χ4v) is 3.95. The van der Waals surface area contributed by atoms with Crippen LogP contribution in [0.5, 0.6) is 5.75 Å². The predicted molar refractivity (Wildman–Crippen MR) is 127 cm³/mol. The molecule has 1 aliphatic rings. The lowest BCUT2D eigenvalue weighted by molar-refractivity contribution is -0.116. The molecule has 174 valence electrons. The molecule has 0 atom stereocenters. The van der Waals surface area contributed by atoms with Crippen LogP contribution in [-0.4, -0.2) is 38.6 Å². The van der Waals surface area contributed by atoms with Crippen molar-refractivity contribution < 1.29 is 19.1 Å². The van der Waals surface area contributed by atoms with Crippen LogP contribution in [0.3, 0.4) is 0 Å². The highest BCUT2D eigenvalue weighted by molar-refractivity contribution is 6.22. The van der Waals surface area contributed by atoms with Crippen LogP contribution in [0.25, 0.3) is 5.65 Å². The Bertz CT molecular complexity index is 1520. The Morgan fingerprint density at radius 1 is 0.943 bits per heavy atom. The number of hydrogen-bond donors (Lipinski definition) is 1. The zero-order valence-electron chi connectivity index (χ0n) is 18.7. The minimum atomic E-state index is -0.548. The molecule has 0 spiro atoms. The van der Waals surface area contributed by atoms with Crippen molar-refractivity contribution in [1.29, 1.82) is 0 Å². The highest BCUT2D eigenvalue weighted by Crippen LogP contribution is 2.26. The van der Waals surface area contributed by atoms with Crippen LogP contribution < -0.4 is 15.6 Å². The Morgan fingerprint density at radius 2 is 1.63 bits per heavy atom. The molecule has 0 fully saturated rings. The number of ether oxygens (including phenoxy) is 1. The number of imide groups is 1. The van der Waals surface area contributed by atoms with Crippen molar-refractivity contribution in [3.63, 3.8) is 0 Å². The summed E-state index contributed by atoms with van der Waals surface area (Å²) in [5, 5.41) is 2.70. The van der Waals surface area contributed by atoms with Crippen molar-refractivity contribution in [2.75, 3.05) is 11.9 Å². The van der Waals surface area contributed by atoms with E-state index < -0.39 is 24.3 Å². The first kappa shape index (κ1) is 22.0. The van der Waals surface area contributed by atoms with Gasteiger partial charge in [0, 0.05) is 12.3 Å². The number of anilines is 1. The maximum atomic E-state index is 12.7. The number of carbonyl (C=O) groups excluding carboxylic acids is 3. The molecule has 1 N–H and O–H groups in total. The molecule has 2 aromatic heterocycles. The van der Waals surface area contributed by atoms with E-state index in [-0.39, 0.29) is 23.3 Å². The molecular weight excluding hydrogens is 448 g/mol. The van der Waals surface area contributed by atoms with E-state index in [4.69, 9.17) is 4.74 Å². The van der Waals surface area contributed by atoms with Gasteiger partial charge in [0.05, 0.1) is 22.5 Å². The number of carbonyl (C=O) groups is 3. The lowest BCUT2D eigenvalue weighted by atomic mass is 10.1. The van der Waals surface area contributed by atoms with Crippen molar-refractivity contribution in [2.45, 2.75) is 13.5 Å². The van der Waals surface area contributed by atoms with Gasteiger partial charge in [-0.25, -0.2) is 4.98 Å². The van der Waals surface area contributed by atoms with Gasteiger partial charge < -0.3 is 10.1 Å². The fraction of sp³-hybridized carbons (Fsp3) is 0.115. The number of pyridine rings is 1. The highest BCUT2D eigenvalue weighted by Gasteiger charge is 2.36. The molecule has 0 saturated heterocycles. The zero-order chi connectivity index (χ0) is 24.5. The van der Waals surface area contributed by atoms with Gasteiger partial charge in [-0.1, -0.05) is 30.3 Å². The van der Waals surface area contributed by atoms with E-state index in [0.29, 0.717) is 22.8 Å². The van der Waals surface area contributed by atoms with E-state index in [2.05, 4.69) is 10.3 Å². The summed E-state index contributed by atoms with van der Waals surface area (Å²) in [6.45, 7) is 1.44. The molecule has 1 aliphatic heterocycles. The van der Waals surface area contributed by atoms with Gasteiger partial charge in [-0.05, 0) is 42.8 Å². The van der Waals surface area contributed by atoms with E-state index in [1.54, 1.807) is 60.8 Å². The first-order chi connectivity index (χ1) is 16.9. The lowest BCUT2D eigenvalue weighted by Gasteiger charge is -2.16. The molecule has 5 rings (SSSR count). The topological polar surface area (TPSA) is 110 Å². The van der Waals surface area contributed by atoms with Gasteiger partial charge in [-0.15, -0.1) is 0 Å². The van der Waals surface area contributed by atoms with Crippen molar-refractivity contribution in [3.8, 4) is 5.75 Å². The number of nitrogens with one attached hydrogen (secondary N) is 1. The van der Waals surface area contributed by atoms with E-state index in [1.165, 1.54) is 10.5 Å². The number of amides is 3. The second-order valence-corrected chi connectivity index (χ2v) is 8.05. The fourth-order valence-electron chi connectivity index (χ4n) is 3.95. The average molecular weight is 468 g/mol. The van der Waals surface area contributed by atoms with Gasteiger partial charge in [0.2, 0.25) is 5.91 Å². The Morgan fingerprint density at radius 3 is 2.37 bits per heavy atom. The molecule has 0 unspecified atom stereocenters. The third-order valence-corrected chi connectivity index (χ3v) is 5.66. The van der Waals surface area contributed by atoms with Crippen LogP contribution in [0, 0.1) is 6.92 Å². The van der Waals surface area contributed by atoms with E-state index in [9.17, 15) is 19.2 Å². The number of aryl methyl sites for hydroxylation is 1. The molecule has 2 aromatic carbocycles. The van der Waals surface area contributed by atoms with Crippen LogP contribution >= 0.6 is 0 Å². The molecule has 0 aliphatic carbocycles. The molecule has 0 radical (unpaired) electrons. The minimum Gasteiger partial charge on any atom is -0.485 e. The minimum absolute atomic E-state index is 0.00532. The first-order valence-corrected chi connectivity index (χ1v) is 10.9. The molecule has 35 heavy (non-hydrogen) atoms. The molecule has 9 heteroatoms. The summed E-state index contributed by atoms with van der Waals surface area (Å²) in [6.07, 6.45) is 1.65. The van der Waals surface area contributed by atoms with Crippen molar-refractivity contribution in [2.24, 2.45) is 0 Å². The maximum absolute atomic E-state index is 12.7. The second-order valence-electron chi connectivity index (χ2n) is 8.05. The van der Waals surface area contributed by atoms with Crippen molar-refractivity contribution in [3.05, 3.63) is 106 Å². The average Bonchev–Trinajstić information content (AvgIpc) is 3.09. The van der Waals surface area contributed by atoms with Crippen molar-refractivity contribution >= 4 is 29.1 Å². The molecule has 9 nitrogen and oxygen atoms in total. The largest absolute Gasteiger partial charge is 0.485 e. The maximum Gasteiger partial charge on any atom is 0.262 e. The molecule has 3 heterocycles. The zero-order valence-corrected chi connectivity index (χ0v) is 18.7. The number of fused-ring (bicyclic) bond motifs is 2. The third kappa shape index (κ3) is 4.15. The molecule has 3 amide bonds. The van der Waals surface area contributed by atoms with Crippen LogP contribution in [0.15, 0.2) is 77.7 Å². The summed E-state index contributed by atoms with van der Waals surface area (Å²) in [7, 11) is 0.